The van der Waals surface area contributed by atoms with E-state index in [1.165, 1.54) is 48.3 Å². The number of amides is 1. The second-order valence-corrected chi connectivity index (χ2v) is 11.5. The van der Waals surface area contributed by atoms with Gasteiger partial charge < -0.3 is 18.9 Å². The molecule has 0 aromatic heterocycles. The van der Waals surface area contributed by atoms with E-state index in [1.807, 2.05) is 0 Å². The number of carbonyl (C=O) groups excluding carboxylic acids is 1. The monoisotopic (exact) mass is 551 g/mol. The highest BCUT2D eigenvalue weighted by Crippen LogP contribution is 2.30. The number of carbonyl (C=O) groups is 1. The van der Waals surface area contributed by atoms with Crippen LogP contribution in [-0.4, -0.2) is 43.7 Å². The molecule has 7 nitrogen and oxygen atoms in total. The van der Waals surface area contributed by atoms with E-state index < -0.39 is 27.9 Å². The minimum Gasteiger partial charge on any atom is -0.444 e. The summed E-state index contributed by atoms with van der Waals surface area (Å²) in [5, 5.41) is 11.3. The Bertz CT molecular complexity index is 1320. The zero-order valence-electron chi connectivity index (χ0n) is 20.2. The lowest BCUT2D eigenvalue weighted by Crippen LogP contribution is -2.36. The van der Waals surface area contributed by atoms with Gasteiger partial charge in [0.05, 0.1) is 22.7 Å². The Morgan fingerprint density at radius 1 is 0.944 bits per heavy atom. The fourth-order valence-electron chi connectivity index (χ4n) is 3.19. The summed E-state index contributed by atoms with van der Waals surface area (Å²) in [6.45, 7) is 5.27. The van der Waals surface area contributed by atoms with E-state index in [2.05, 4.69) is 0 Å². The van der Waals surface area contributed by atoms with Gasteiger partial charge in [-0.1, -0.05) is 53.5 Å². The molecule has 0 heterocycles. The first-order valence-corrected chi connectivity index (χ1v) is 13.1. The van der Waals surface area contributed by atoms with Gasteiger partial charge in [0.1, 0.15) is 16.2 Å². The van der Waals surface area contributed by atoms with Crippen molar-refractivity contribution in [2.45, 2.75) is 37.4 Å². The maximum absolute atomic E-state index is 12.7. The highest BCUT2D eigenvalue weighted by Gasteiger charge is 2.22. The summed E-state index contributed by atoms with van der Waals surface area (Å²) in [4.78, 5) is 13.3. The van der Waals surface area contributed by atoms with Crippen LogP contribution in [-0.2, 0) is 14.9 Å². The molecule has 3 aromatic carbocycles. The van der Waals surface area contributed by atoms with Gasteiger partial charge in [-0.3, -0.25) is 0 Å². The molecule has 1 unspecified atom stereocenters. The molecule has 1 atom stereocenters. The number of rotatable bonds is 7. The van der Waals surface area contributed by atoms with Crippen LogP contribution in [0.4, 0.5) is 4.79 Å². The standard InChI is InChI=1S/C26H27Cl2NO6S/c1-26(2,3)34-25(31)29(4)16-24(30)18-5-10-20(11-6-18)35-36(32,33)21-12-7-17(8-13-21)19-9-14-22(27)23(28)15-19/h5-15,24,30H,16H2,1-4H3. The molecule has 0 bridgehead atoms. The van der Waals surface area contributed by atoms with Crippen LogP contribution in [0.2, 0.25) is 10.0 Å². The predicted molar refractivity (Wildman–Crippen MR) is 140 cm³/mol. The van der Waals surface area contributed by atoms with Gasteiger partial charge >= 0.3 is 16.2 Å². The summed E-state index contributed by atoms with van der Waals surface area (Å²) >= 11 is 12.0. The fraction of sp³-hybridized carbons (Fsp3) is 0.269. The number of aliphatic hydroxyl groups is 1. The topological polar surface area (TPSA) is 93.1 Å². The van der Waals surface area contributed by atoms with Crippen molar-refractivity contribution in [2.75, 3.05) is 13.6 Å². The van der Waals surface area contributed by atoms with Crippen molar-refractivity contribution >= 4 is 39.4 Å². The number of halogens is 2. The van der Waals surface area contributed by atoms with Gasteiger partial charge in [-0.25, -0.2) is 4.79 Å². The molecule has 1 N–H and O–H groups in total. The largest absolute Gasteiger partial charge is 0.444 e. The Hall–Kier alpha value is -2.78. The SMILES string of the molecule is CN(CC(O)c1ccc(OS(=O)(=O)c2ccc(-c3ccc(Cl)c(Cl)c3)cc2)cc1)C(=O)OC(C)(C)C. The number of ether oxygens (including phenoxy) is 1. The van der Waals surface area contributed by atoms with Crippen LogP contribution >= 0.6 is 23.2 Å². The summed E-state index contributed by atoms with van der Waals surface area (Å²) in [7, 11) is -2.57. The van der Waals surface area contributed by atoms with E-state index in [9.17, 15) is 18.3 Å². The van der Waals surface area contributed by atoms with Crippen molar-refractivity contribution in [3.63, 3.8) is 0 Å². The third-order valence-corrected chi connectivity index (χ3v) is 7.02. The fourth-order valence-corrected chi connectivity index (χ4v) is 4.42. The Labute approximate surface area is 221 Å². The summed E-state index contributed by atoms with van der Waals surface area (Å²) in [6, 6.07) is 17.3. The molecule has 0 aliphatic rings. The van der Waals surface area contributed by atoms with Crippen molar-refractivity contribution in [1.29, 1.82) is 0 Å². The molecule has 3 aromatic rings. The summed E-state index contributed by atoms with van der Waals surface area (Å²) in [6.07, 6.45) is -1.56. The van der Waals surface area contributed by atoms with Gasteiger partial charge in [-0.05, 0) is 73.9 Å². The average Bonchev–Trinajstić information content (AvgIpc) is 2.80. The molecule has 192 valence electrons. The zero-order valence-corrected chi connectivity index (χ0v) is 22.6. The van der Waals surface area contributed by atoms with E-state index in [0.29, 0.717) is 15.6 Å². The molecule has 0 saturated heterocycles. The summed E-state index contributed by atoms with van der Waals surface area (Å²) in [5.41, 5.74) is 1.40. The van der Waals surface area contributed by atoms with Gasteiger partial charge in [0, 0.05) is 7.05 Å². The third kappa shape index (κ3) is 7.36. The first-order valence-electron chi connectivity index (χ1n) is 11.0. The Balaban J connectivity index is 1.65. The number of nitrogens with zero attached hydrogens (tertiary/aromatic N) is 1. The first kappa shape index (κ1) is 27.8. The van der Waals surface area contributed by atoms with E-state index in [4.69, 9.17) is 32.1 Å². The second kappa shape index (κ2) is 11.1. The van der Waals surface area contributed by atoms with Crippen LogP contribution in [0.5, 0.6) is 5.75 Å². The quantitative estimate of drug-likeness (QED) is 0.345. The van der Waals surface area contributed by atoms with Crippen molar-refractivity contribution < 1.29 is 27.2 Å². The number of hydrogen-bond donors (Lipinski definition) is 1. The van der Waals surface area contributed by atoms with E-state index in [0.717, 1.165) is 11.1 Å². The molecular weight excluding hydrogens is 525 g/mol. The Morgan fingerprint density at radius 2 is 1.53 bits per heavy atom. The van der Waals surface area contributed by atoms with Crippen LogP contribution < -0.4 is 4.18 Å². The van der Waals surface area contributed by atoms with Crippen molar-refractivity contribution in [3.05, 3.63) is 82.3 Å². The highest BCUT2D eigenvalue weighted by atomic mass is 35.5. The lowest BCUT2D eigenvalue weighted by molar-refractivity contribution is 0.0205. The van der Waals surface area contributed by atoms with Crippen molar-refractivity contribution in [2.24, 2.45) is 0 Å². The molecule has 3 rings (SSSR count). The summed E-state index contributed by atoms with van der Waals surface area (Å²) < 4.78 is 36.0. The molecule has 0 aliphatic carbocycles. The maximum Gasteiger partial charge on any atom is 0.410 e. The van der Waals surface area contributed by atoms with Gasteiger partial charge in [0.25, 0.3) is 0 Å². The number of hydrogen-bond acceptors (Lipinski definition) is 6. The molecule has 10 heteroatoms. The molecule has 0 fully saturated rings. The molecule has 0 aliphatic heterocycles. The van der Waals surface area contributed by atoms with E-state index >= 15 is 0 Å². The molecule has 1 amide bonds. The van der Waals surface area contributed by atoms with Gasteiger partial charge in [0.2, 0.25) is 0 Å². The molecule has 36 heavy (non-hydrogen) atoms. The summed E-state index contributed by atoms with van der Waals surface area (Å²) in [5.74, 6) is 0.0833. The highest BCUT2D eigenvalue weighted by molar-refractivity contribution is 7.87. The minimum absolute atomic E-state index is 0.00139. The number of aliphatic hydroxyl groups excluding tert-OH is 1. The van der Waals surface area contributed by atoms with Gasteiger partial charge in [-0.2, -0.15) is 8.42 Å². The van der Waals surface area contributed by atoms with Crippen molar-refractivity contribution in [3.8, 4) is 16.9 Å². The van der Waals surface area contributed by atoms with Crippen LogP contribution in [0.15, 0.2) is 71.6 Å². The molecule has 0 saturated carbocycles. The third-order valence-electron chi connectivity index (χ3n) is 5.02. The Morgan fingerprint density at radius 3 is 2.08 bits per heavy atom. The van der Waals surface area contributed by atoms with Crippen molar-refractivity contribution in [1.82, 2.24) is 4.90 Å². The molecule has 0 spiro atoms. The maximum atomic E-state index is 12.7. The van der Waals surface area contributed by atoms with Crippen LogP contribution in [0.1, 0.15) is 32.4 Å². The van der Waals surface area contributed by atoms with Crippen LogP contribution in [0.3, 0.4) is 0 Å². The van der Waals surface area contributed by atoms with Crippen LogP contribution in [0.25, 0.3) is 11.1 Å². The lowest BCUT2D eigenvalue weighted by atomic mass is 10.1. The Kier molecular flexibility index (Phi) is 8.56. The van der Waals surface area contributed by atoms with Gasteiger partial charge in [-0.15, -0.1) is 0 Å². The van der Waals surface area contributed by atoms with E-state index in [1.54, 1.807) is 51.1 Å². The number of benzene rings is 3. The number of likely N-dealkylation sites (N-methyl/N-ethyl adjacent to an activating group) is 1. The molecule has 0 radical (unpaired) electrons. The molecular formula is C26H27Cl2NO6S. The van der Waals surface area contributed by atoms with E-state index in [-0.39, 0.29) is 17.2 Å². The normalized spacial score (nSPS) is 12.6. The predicted octanol–water partition coefficient (Wildman–Crippen LogP) is 6.33. The first-order chi connectivity index (χ1) is 16.7. The smallest absolute Gasteiger partial charge is 0.410 e. The van der Waals surface area contributed by atoms with Crippen LogP contribution in [0, 0.1) is 0 Å². The second-order valence-electron chi connectivity index (χ2n) is 9.14. The lowest BCUT2D eigenvalue weighted by Gasteiger charge is -2.26. The van der Waals surface area contributed by atoms with Gasteiger partial charge in [0.15, 0.2) is 0 Å². The zero-order chi connectivity index (χ0) is 26.7. The average molecular weight is 552 g/mol. The minimum atomic E-state index is -4.09.